The first-order chi connectivity index (χ1) is 17.7. The van der Waals surface area contributed by atoms with Crippen molar-refractivity contribution >= 4 is 39.7 Å². The van der Waals surface area contributed by atoms with Crippen LogP contribution < -0.4 is 10.2 Å². The molecule has 0 N–H and O–H groups in total. The van der Waals surface area contributed by atoms with E-state index in [1.165, 1.54) is 32.9 Å². The van der Waals surface area contributed by atoms with Gasteiger partial charge in [-0.2, -0.15) is 0 Å². The van der Waals surface area contributed by atoms with Gasteiger partial charge in [0, 0.05) is 5.56 Å². The van der Waals surface area contributed by atoms with Crippen molar-refractivity contribution in [2.45, 2.75) is 57.3 Å². The molecule has 0 spiro atoms. The highest BCUT2D eigenvalue weighted by Gasteiger charge is 2.52. The van der Waals surface area contributed by atoms with E-state index >= 15 is 0 Å². The first kappa shape index (κ1) is 22.8. The van der Waals surface area contributed by atoms with E-state index < -0.39 is 7.12 Å². The van der Waals surface area contributed by atoms with E-state index in [4.69, 9.17) is 14.0 Å². The molecule has 4 heteroatoms. The zero-order valence-electron chi connectivity index (χ0n) is 22.0. The zero-order valence-corrected chi connectivity index (χ0v) is 22.0. The van der Waals surface area contributed by atoms with Crippen molar-refractivity contribution in [2.24, 2.45) is 0 Å². The Labute approximate surface area is 218 Å². The molecule has 7 rings (SSSR count). The van der Waals surface area contributed by atoms with Crippen LogP contribution in [0.25, 0.3) is 27.1 Å². The predicted molar refractivity (Wildman–Crippen MR) is 152 cm³/mol. The summed E-state index contributed by atoms with van der Waals surface area (Å²) in [5.74, 6) is 0.981. The second kappa shape index (κ2) is 7.60. The normalized spacial score (nSPS) is 25.2. The largest absolute Gasteiger partial charge is 0.495 e. The molecule has 1 fully saturated rings. The second-order valence-electron chi connectivity index (χ2n) is 11.8. The number of fused-ring (bicyclic) bond motifs is 5. The van der Waals surface area contributed by atoms with Crippen molar-refractivity contribution in [1.82, 2.24) is 0 Å². The molecule has 0 bridgehead atoms. The van der Waals surface area contributed by atoms with E-state index in [1.54, 1.807) is 0 Å². The predicted octanol–water partition coefficient (Wildman–Crippen LogP) is 6.96. The second-order valence-corrected chi connectivity index (χ2v) is 11.8. The fourth-order valence-corrected chi connectivity index (χ4v) is 6.03. The van der Waals surface area contributed by atoms with Crippen LogP contribution in [-0.4, -0.2) is 24.4 Å². The Balaban J connectivity index is 1.34. The molecule has 0 aromatic heterocycles. The number of rotatable bonds is 2. The lowest BCUT2D eigenvalue weighted by molar-refractivity contribution is 0.00578. The van der Waals surface area contributed by atoms with Crippen LogP contribution in [0.4, 0.5) is 0 Å². The summed E-state index contributed by atoms with van der Waals surface area (Å²) >= 11 is 0. The van der Waals surface area contributed by atoms with E-state index in [0.29, 0.717) is 0 Å². The van der Waals surface area contributed by atoms with Crippen LogP contribution in [0.5, 0.6) is 5.75 Å². The minimum Gasteiger partial charge on any atom is -0.485 e. The summed E-state index contributed by atoms with van der Waals surface area (Å²) in [7, 11) is -0.398. The van der Waals surface area contributed by atoms with Gasteiger partial charge in [-0.15, -0.1) is 0 Å². The maximum atomic E-state index is 6.45. The van der Waals surface area contributed by atoms with Crippen molar-refractivity contribution in [3.63, 3.8) is 0 Å². The third kappa shape index (κ3) is 3.29. The number of hydrogen-bond donors (Lipinski definition) is 0. The van der Waals surface area contributed by atoms with Crippen LogP contribution in [0.2, 0.25) is 0 Å². The molecule has 1 saturated heterocycles. The average molecular weight is 486 g/mol. The molecule has 3 nitrogen and oxygen atoms in total. The first-order valence-corrected chi connectivity index (χ1v) is 13.1. The molecule has 2 unspecified atom stereocenters. The lowest BCUT2D eigenvalue weighted by Crippen LogP contribution is -2.41. The average Bonchev–Trinajstić information content (AvgIpc) is 3.28. The van der Waals surface area contributed by atoms with Gasteiger partial charge in [0.25, 0.3) is 0 Å². The van der Waals surface area contributed by atoms with Gasteiger partial charge >= 0.3 is 7.12 Å². The van der Waals surface area contributed by atoms with Crippen LogP contribution in [0, 0.1) is 0 Å². The Hall–Kier alpha value is -3.34. The lowest BCUT2D eigenvalue weighted by Gasteiger charge is -2.32. The van der Waals surface area contributed by atoms with Crippen LogP contribution >= 0.6 is 0 Å². The molecule has 0 amide bonds. The van der Waals surface area contributed by atoms with Gasteiger partial charge in [0.15, 0.2) is 0 Å². The van der Waals surface area contributed by atoms with E-state index in [1.807, 2.05) is 0 Å². The number of benzene rings is 4. The van der Waals surface area contributed by atoms with Crippen LogP contribution in [0.1, 0.15) is 45.7 Å². The molecule has 184 valence electrons. The molecule has 4 aromatic rings. The fraction of sp³-hybridized carbons (Fsp3) is 0.273. The summed E-state index contributed by atoms with van der Waals surface area (Å²) in [6, 6.07) is 26.0. The van der Waals surface area contributed by atoms with E-state index in [2.05, 4.69) is 126 Å². The highest BCUT2D eigenvalue weighted by molar-refractivity contribution is 6.65. The zero-order chi connectivity index (χ0) is 25.6. The van der Waals surface area contributed by atoms with Crippen molar-refractivity contribution in [1.29, 1.82) is 0 Å². The standard InChI is InChI=1S/C33H31BO3/c1-31(2)32(3,4)37-34(36-31)28-16-15-24(25-12-8-9-13-26(25)28)23-14-17-30-33(5,20-23)27-18-21-10-6-7-11-22(21)19-29(27)35-30/h6-20,30H,1-5H3. The molecule has 0 radical (unpaired) electrons. The number of allylic oxidation sites excluding steroid dienone is 2. The molecule has 4 aromatic carbocycles. The molecular weight excluding hydrogens is 455 g/mol. The topological polar surface area (TPSA) is 27.7 Å². The van der Waals surface area contributed by atoms with Crippen molar-refractivity contribution in [3.05, 3.63) is 102 Å². The van der Waals surface area contributed by atoms with Crippen LogP contribution in [-0.2, 0) is 14.7 Å². The van der Waals surface area contributed by atoms with Gasteiger partial charge in [0.1, 0.15) is 11.9 Å². The van der Waals surface area contributed by atoms with E-state index in [9.17, 15) is 0 Å². The van der Waals surface area contributed by atoms with E-state index in [-0.39, 0.29) is 22.7 Å². The SMILES string of the molecule is CC12C=C(c3ccc(B4OC(C)(C)C(C)(C)O4)c4ccccc34)C=CC1Oc1cc3ccccc3cc12. The highest BCUT2D eigenvalue weighted by Crippen LogP contribution is 2.49. The van der Waals surface area contributed by atoms with Crippen molar-refractivity contribution in [2.75, 3.05) is 0 Å². The van der Waals surface area contributed by atoms with Gasteiger partial charge in [-0.1, -0.05) is 72.8 Å². The summed E-state index contributed by atoms with van der Waals surface area (Å²) < 4.78 is 19.3. The van der Waals surface area contributed by atoms with Crippen molar-refractivity contribution in [3.8, 4) is 5.75 Å². The molecule has 2 aliphatic heterocycles. The molecule has 1 aliphatic carbocycles. The minimum absolute atomic E-state index is 0.0154. The molecule has 2 atom stereocenters. The Morgan fingerprint density at radius 2 is 1.38 bits per heavy atom. The third-order valence-electron chi connectivity index (χ3n) is 8.96. The van der Waals surface area contributed by atoms with Crippen molar-refractivity contribution < 1.29 is 14.0 Å². The maximum Gasteiger partial charge on any atom is 0.495 e. The summed E-state index contributed by atoms with van der Waals surface area (Å²) in [6.07, 6.45) is 6.82. The van der Waals surface area contributed by atoms with Gasteiger partial charge in [-0.05, 0) is 91.0 Å². The van der Waals surface area contributed by atoms with Gasteiger partial charge in [0.2, 0.25) is 0 Å². The van der Waals surface area contributed by atoms with Gasteiger partial charge in [0.05, 0.1) is 16.6 Å². The Morgan fingerprint density at radius 3 is 2.11 bits per heavy atom. The van der Waals surface area contributed by atoms with Gasteiger partial charge < -0.3 is 14.0 Å². The van der Waals surface area contributed by atoms with Crippen LogP contribution in [0.15, 0.2) is 91.0 Å². The maximum absolute atomic E-state index is 6.45. The molecule has 3 aliphatic rings. The lowest BCUT2D eigenvalue weighted by atomic mass is 9.72. The summed E-state index contributed by atoms with van der Waals surface area (Å²) in [4.78, 5) is 0. The summed E-state index contributed by atoms with van der Waals surface area (Å²) in [5, 5.41) is 4.81. The molecule has 37 heavy (non-hydrogen) atoms. The van der Waals surface area contributed by atoms with Crippen LogP contribution in [0.3, 0.4) is 0 Å². The number of ether oxygens (including phenoxy) is 1. The quantitative estimate of drug-likeness (QED) is 0.287. The minimum atomic E-state index is -0.398. The Bertz CT molecular complexity index is 1630. The van der Waals surface area contributed by atoms with Gasteiger partial charge in [-0.3, -0.25) is 0 Å². The summed E-state index contributed by atoms with van der Waals surface area (Å²) in [6.45, 7) is 10.7. The smallest absolute Gasteiger partial charge is 0.485 e. The first-order valence-electron chi connectivity index (χ1n) is 13.1. The summed E-state index contributed by atoms with van der Waals surface area (Å²) in [5.41, 5.74) is 3.74. The highest BCUT2D eigenvalue weighted by atomic mass is 16.7. The molecule has 2 heterocycles. The number of hydrogen-bond acceptors (Lipinski definition) is 3. The molecular formula is C33H31BO3. The Kier molecular flexibility index (Phi) is 4.69. The third-order valence-corrected chi connectivity index (χ3v) is 8.96. The van der Waals surface area contributed by atoms with E-state index in [0.717, 1.165) is 16.6 Å². The van der Waals surface area contributed by atoms with Gasteiger partial charge in [-0.25, -0.2) is 0 Å². The monoisotopic (exact) mass is 486 g/mol. The fourth-order valence-electron chi connectivity index (χ4n) is 6.03. The molecule has 0 saturated carbocycles. The Morgan fingerprint density at radius 1 is 0.730 bits per heavy atom.